The molecular weight excluding hydrogens is 346 g/mol. The van der Waals surface area contributed by atoms with Gasteiger partial charge in [-0.25, -0.2) is 0 Å². The van der Waals surface area contributed by atoms with Crippen molar-refractivity contribution in [3.05, 3.63) is 64.7 Å². The number of halogens is 1. The maximum Gasteiger partial charge on any atom is 0.282 e. The van der Waals surface area contributed by atoms with Gasteiger partial charge in [-0.3, -0.25) is 4.79 Å². The van der Waals surface area contributed by atoms with Gasteiger partial charge in [-0.2, -0.15) is 0 Å². The van der Waals surface area contributed by atoms with Crippen LogP contribution in [0.5, 0.6) is 0 Å². The summed E-state index contributed by atoms with van der Waals surface area (Å²) in [6, 6.07) is 16.2. The molecule has 1 atom stereocenters. The zero-order valence-corrected chi connectivity index (χ0v) is 16.3. The van der Waals surface area contributed by atoms with Gasteiger partial charge in [0.05, 0.1) is 0 Å². The van der Waals surface area contributed by atoms with Gasteiger partial charge in [0.15, 0.2) is 6.04 Å². The zero-order valence-electron chi connectivity index (χ0n) is 15.5. The maximum atomic E-state index is 12.7. The van der Waals surface area contributed by atoms with Gasteiger partial charge >= 0.3 is 0 Å². The Bertz CT molecular complexity index is 742. The predicted octanol–water partition coefficient (Wildman–Crippen LogP) is 0.959. The lowest BCUT2D eigenvalue weighted by Crippen LogP contribution is -3.29. The number of amides is 1. The standard InChI is InChI=1S/C21H26ClN3O/c1-16-8-9-19(22)14-20(16)23-21(26)17(2)25-12-10-24(11-13-25)15-18-6-4-3-5-7-18/h3-9,14,17H,10-13,15H2,1-2H3,(H,23,26)/p+2/t17-/m0/s1. The average molecular weight is 374 g/mol. The first-order valence-corrected chi connectivity index (χ1v) is 9.70. The van der Waals surface area contributed by atoms with Crippen molar-refractivity contribution in [1.29, 1.82) is 0 Å². The fourth-order valence-corrected chi connectivity index (χ4v) is 3.75. The molecule has 5 heteroatoms. The number of rotatable bonds is 5. The highest BCUT2D eigenvalue weighted by Crippen LogP contribution is 2.20. The molecule has 1 saturated heterocycles. The predicted molar refractivity (Wildman–Crippen MR) is 106 cm³/mol. The van der Waals surface area contributed by atoms with Crippen molar-refractivity contribution in [2.75, 3.05) is 31.5 Å². The molecule has 26 heavy (non-hydrogen) atoms. The molecule has 0 unspecified atom stereocenters. The zero-order chi connectivity index (χ0) is 18.5. The Kier molecular flexibility index (Phi) is 6.30. The minimum atomic E-state index is -0.0633. The van der Waals surface area contributed by atoms with E-state index < -0.39 is 0 Å². The van der Waals surface area contributed by atoms with E-state index in [1.165, 1.54) is 10.5 Å². The second-order valence-corrected chi connectivity index (χ2v) is 7.68. The average Bonchev–Trinajstić information content (AvgIpc) is 2.65. The van der Waals surface area contributed by atoms with Gasteiger partial charge in [-0.15, -0.1) is 0 Å². The van der Waals surface area contributed by atoms with Crippen LogP contribution < -0.4 is 15.1 Å². The molecule has 0 spiro atoms. The van der Waals surface area contributed by atoms with E-state index in [2.05, 4.69) is 35.6 Å². The first-order valence-electron chi connectivity index (χ1n) is 9.32. The number of aryl methyl sites for hydroxylation is 1. The molecule has 1 amide bonds. The van der Waals surface area contributed by atoms with E-state index in [-0.39, 0.29) is 11.9 Å². The highest BCUT2D eigenvalue weighted by molar-refractivity contribution is 6.31. The lowest BCUT2D eigenvalue weighted by Gasteiger charge is -2.32. The first-order chi connectivity index (χ1) is 12.5. The minimum absolute atomic E-state index is 0.0633. The van der Waals surface area contributed by atoms with E-state index >= 15 is 0 Å². The molecular formula is C21H28ClN3O+2. The number of nitrogens with one attached hydrogen (secondary N) is 3. The van der Waals surface area contributed by atoms with Gasteiger partial charge in [-0.1, -0.05) is 48.0 Å². The van der Waals surface area contributed by atoms with Crippen molar-refractivity contribution in [1.82, 2.24) is 0 Å². The Morgan fingerprint density at radius 3 is 2.50 bits per heavy atom. The number of hydrogen-bond acceptors (Lipinski definition) is 1. The van der Waals surface area contributed by atoms with Crippen LogP contribution in [0.1, 0.15) is 18.1 Å². The third-order valence-corrected chi connectivity index (χ3v) is 5.59. The Morgan fingerprint density at radius 2 is 1.81 bits per heavy atom. The molecule has 2 aromatic rings. The number of carbonyl (C=O) groups excluding carboxylic acids is 1. The summed E-state index contributed by atoms with van der Waals surface area (Å²) in [4.78, 5) is 15.6. The van der Waals surface area contributed by atoms with Crippen LogP contribution in [0.15, 0.2) is 48.5 Å². The first kappa shape index (κ1) is 18.9. The molecule has 0 saturated carbocycles. The van der Waals surface area contributed by atoms with Crippen LogP contribution in [0.25, 0.3) is 0 Å². The summed E-state index contributed by atoms with van der Waals surface area (Å²) in [5.74, 6) is 0.0666. The molecule has 0 aliphatic carbocycles. The summed E-state index contributed by atoms with van der Waals surface area (Å²) in [6.45, 7) is 9.30. The number of carbonyl (C=O) groups is 1. The van der Waals surface area contributed by atoms with E-state index in [0.717, 1.165) is 44.0 Å². The summed E-state index contributed by atoms with van der Waals surface area (Å²) in [5, 5.41) is 3.69. The Hall–Kier alpha value is -1.88. The lowest BCUT2D eigenvalue weighted by atomic mass is 10.1. The van der Waals surface area contributed by atoms with Gasteiger partial charge in [-0.05, 0) is 31.5 Å². The van der Waals surface area contributed by atoms with Crippen LogP contribution >= 0.6 is 11.6 Å². The SMILES string of the molecule is Cc1ccc(Cl)cc1NC(=O)[C@H](C)[NH+]1CC[NH+](Cc2ccccc2)CC1. The minimum Gasteiger partial charge on any atom is -0.322 e. The molecule has 4 nitrogen and oxygen atoms in total. The Balaban J connectivity index is 1.52. The quantitative estimate of drug-likeness (QED) is 0.717. The highest BCUT2D eigenvalue weighted by atomic mass is 35.5. The van der Waals surface area contributed by atoms with Crippen LogP contribution in [-0.4, -0.2) is 38.1 Å². The molecule has 1 heterocycles. The Labute approximate surface area is 160 Å². The molecule has 1 aliphatic heterocycles. The molecule has 2 aromatic carbocycles. The van der Waals surface area contributed by atoms with Gasteiger partial charge in [0, 0.05) is 16.3 Å². The molecule has 1 aliphatic rings. The largest absolute Gasteiger partial charge is 0.322 e. The topological polar surface area (TPSA) is 38.0 Å². The summed E-state index contributed by atoms with van der Waals surface area (Å²) in [7, 11) is 0. The molecule has 1 fully saturated rings. The molecule has 0 bridgehead atoms. The summed E-state index contributed by atoms with van der Waals surface area (Å²) < 4.78 is 0. The van der Waals surface area contributed by atoms with Crippen LogP contribution in [0.4, 0.5) is 5.69 Å². The maximum absolute atomic E-state index is 12.7. The van der Waals surface area contributed by atoms with Crippen molar-refractivity contribution in [3.8, 4) is 0 Å². The van der Waals surface area contributed by atoms with Gasteiger partial charge in [0.1, 0.15) is 32.7 Å². The van der Waals surface area contributed by atoms with Crippen molar-refractivity contribution >= 4 is 23.2 Å². The monoisotopic (exact) mass is 373 g/mol. The number of anilines is 1. The van der Waals surface area contributed by atoms with E-state index in [1.807, 2.05) is 32.0 Å². The second-order valence-electron chi connectivity index (χ2n) is 7.24. The van der Waals surface area contributed by atoms with Gasteiger partial charge < -0.3 is 15.1 Å². The van der Waals surface area contributed by atoms with Crippen molar-refractivity contribution in [2.45, 2.75) is 26.4 Å². The second kappa shape index (κ2) is 8.67. The summed E-state index contributed by atoms with van der Waals surface area (Å²) in [6.07, 6.45) is 0. The van der Waals surface area contributed by atoms with Crippen molar-refractivity contribution < 1.29 is 14.6 Å². The number of hydrogen-bond donors (Lipinski definition) is 3. The van der Waals surface area contributed by atoms with Crippen LogP contribution in [-0.2, 0) is 11.3 Å². The van der Waals surface area contributed by atoms with Crippen molar-refractivity contribution in [2.24, 2.45) is 0 Å². The summed E-state index contributed by atoms with van der Waals surface area (Å²) in [5.41, 5.74) is 3.22. The van der Waals surface area contributed by atoms with Crippen LogP contribution in [0.2, 0.25) is 5.02 Å². The molecule has 0 aromatic heterocycles. The normalized spacial score (nSPS) is 21.2. The summed E-state index contributed by atoms with van der Waals surface area (Å²) >= 11 is 6.05. The number of benzene rings is 2. The fourth-order valence-electron chi connectivity index (χ4n) is 3.57. The number of piperazine rings is 1. The van der Waals surface area contributed by atoms with E-state index in [0.29, 0.717) is 5.02 Å². The molecule has 138 valence electrons. The van der Waals surface area contributed by atoms with Crippen LogP contribution in [0, 0.1) is 6.92 Å². The Morgan fingerprint density at radius 1 is 1.12 bits per heavy atom. The van der Waals surface area contributed by atoms with Crippen LogP contribution in [0.3, 0.4) is 0 Å². The smallest absolute Gasteiger partial charge is 0.282 e. The fraction of sp³-hybridized carbons (Fsp3) is 0.381. The van der Waals surface area contributed by atoms with Crippen molar-refractivity contribution in [3.63, 3.8) is 0 Å². The van der Waals surface area contributed by atoms with Gasteiger partial charge in [0.25, 0.3) is 5.91 Å². The molecule has 3 N–H and O–H groups in total. The lowest BCUT2D eigenvalue weighted by molar-refractivity contribution is -1.02. The van der Waals surface area contributed by atoms with Gasteiger partial charge in [0.2, 0.25) is 0 Å². The van der Waals surface area contributed by atoms with E-state index in [1.54, 1.807) is 4.90 Å². The number of quaternary nitrogens is 2. The molecule has 3 rings (SSSR count). The van der Waals surface area contributed by atoms with E-state index in [4.69, 9.17) is 11.6 Å². The third kappa shape index (κ3) is 4.85. The highest BCUT2D eigenvalue weighted by Gasteiger charge is 2.31. The van der Waals surface area contributed by atoms with E-state index in [9.17, 15) is 4.79 Å². The third-order valence-electron chi connectivity index (χ3n) is 5.36. The molecule has 0 radical (unpaired) electrons.